The lowest BCUT2D eigenvalue weighted by Crippen LogP contribution is -2.59. The average molecular weight is 470 g/mol. The summed E-state index contributed by atoms with van der Waals surface area (Å²) in [4.78, 5) is 15.1. The summed E-state index contributed by atoms with van der Waals surface area (Å²) in [6.45, 7) is 10.2. The highest BCUT2D eigenvalue weighted by atomic mass is 32.2. The molecule has 2 aliphatic heterocycles. The van der Waals surface area contributed by atoms with Crippen LogP contribution in [0.25, 0.3) is 0 Å². The number of amides is 1. The summed E-state index contributed by atoms with van der Waals surface area (Å²) >= 11 is 1.92. The number of thioether (sulfide) groups is 1. The Morgan fingerprint density at radius 2 is 1.87 bits per heavy atom. The van der Waals surface area contributed by atoms with Gasteiger partial charge >= 0.3 is 0 Å². The van der Waals surface area contributed by atoms with Gasteiger partial charge in [-0.2, -0.15) is 11.8 Å². The fourth-order valence-electron chi connectivity index (χ4n) is 4.00. The number of nitrogens with zero attached hydrogens (tertiary/aromatic N) is 1. The summed E-state index contributed by atoms with van der Waals surface area (Å²) in [6, 6.07) is 6.91. The van der Waals surface area contributed by atoms with E-state index in [0.717, 1.165) is 49.8 Å². The first-order valence-corrected chi connectivity index (χ1v) is 13.5. The van der Waals surface area contributed by atoms with Crippen molar-refractivity contribution in [3.63, 3.8) is 0 Å². The molecule has 0 spiro atoms. The quantitative estimate of drug-likeness (QED) is 0.605. The molecule has 2 aliphatic rings. The fraction of sp³-hybridized carbons (Fsp3) is 0.682. The maximum absolute atomic E-state index is 12.5. The van der Waals surface area contributed by atoms with Crippen LogP contribution in [0.2, 0.25) is 0 Å². The lowest BCUT2D eigenvalue weighted by Gasteiger charge is -2.43. The Labute approximate surface area is 190 Å². The maximum atomic E-state index is 12.5. The van der Waals surface area contributed by atoms with Crippen LogP contribution >= 0.6 is 11.8 Å². The number of benzene rings is 1. The largest absolute Gasteiger partial charge is 0.379 e. The van der Waals surface area contributed by atoms with E-state index in [1.807, 2.05) is 23.9 Å². The SMILES string of the molecule is CC(C)(C)c1ccc(S(=O)(=O)NCCC(=O)NCC2(N3CCOCC3)CCSC2)cc1. The van der Waals surface area contributed by atoms with Crippen LogP contribution in [0.15, 0.2) is 29.2 Å². The van der Waals surface area contributed by atoms with Gasteiger partial charge in [0.05, 0.1) is 18.1 Å². The Balaban J connectivity index is 1.48. The molecule has 0 bridgehead atoms. The van der Waals surface area contributed by atoms with E-state index in [2.05, 4.69) is 35.7 Å². The smallest absolute Gasteiger partial charge is 0.240 e. The third-order valence-electron chi connectivity index (χ3n) is 6.05. The number of carbonyl (C=O) groups excluding carboxylic acids is 1. The molecule has 31 heavy (non-hydrogen) atoms. The molecular formula is C22H35N3O4S2. The highest BCUT2D eigenvalue weighted by molar-refractivity contribution is 7.99. The lowest BCUT2D eigenvalue weighted by molar-refractivity contribution is -0.121. The van der Waals surface area contributed by atoms with Gasteiger partial charge in [-0.15, -0.1) is 0 Å². The molecule has 0 aliphatic carbocycles. The molecule has 3 rings (SSSR count). The van der Waals surface area contributed by atoms with Crippen LogP contribution in [0, 0.1) is 0 Å². The molecule has 2 heterocycles. The van der Waals surface area contributed by atoms with Gasteiger partial charge in [0.2, 0.25) is 15.9 Å². The zero-order valence-electron chi connectivity index (χ0n) is 18.8. The summed E-state index contributed by atoms with van der Waals surface area (Å²) in [5.41, 5.74) is 1.02. The summed E-state index contributed by atoms with van der Waals surface area (Å²) < 4.78 is 33.1. The Hall–Kier alpha value is -1.13. The van der Waals surface area contributed by atoms with Gasteiger partial charge in [0.25, 0.3) is 0 Å². The van der Waals surface area contributed by atoms with E-state index in [0.29, 0.717) is 6.54 Å². The second-order valence-corrected chi connectivity index (χ2v) is 12.2. The number of morpholine rings is 1. The molecule has 7 nitrogen and oxygen atoms in total. The number of hydrogen-bond acceptors (Lipinski definition) is 6. The Morgan fingerprint density at radius 1 is 1.19 bits per heavy atom. The highest BCUT2D eigenvalue weighted by Crippen LogP contribution is 2.33. The van der Waals surface area contributed by atoms with Gasteiger partial charge in [0.1, 0.15) is 0 Å². The minimum Gasteiger partial charge on any atom is -0.379 e. The van der Waals surface area contributed by atoms with E-state index in [1.54, 1.807) is 12.1 Å². The van der Waals surface area contributed by atoms with Crippen molar-refractivity contribution in [3.8, 4) is 0 Å². The number of sulfonamides is 1. The molecule has 0 radical (unpaired) electrons. The highest BCUT2D eigenvalue weighted by Gasteiger charge is 2.40. The molecule has 2 N–H and O–H groups in total. The molecule has 0 saturated carbocycles. The number of carbonyl (C=O) groups is 1. The van der Waals surface area contributed by atoms with Crippen molar-refractivity contribution in [2.45, 2.75) is 49.5 Å². The molecule has 1 aromatic rings. The summed E-state index contributed by atoms with van der Waals surface area (Å²) in [6.07, 6.45) is 1.17. The number of rotatable bonds is 8. The molecule has 9 heteroatoms. The van der Waals surface area contributed by atoms with Crippen LogP contribution in [0.5, 0.6) is 0 Å². The standard InChI is InChI=1S/C22H35N3O4S2/c1-21(2,3)18-4-6-19(7-5-18)31(27,28)24-10-8-20(26)23-16-22(9-15-30-17-22)25-11-13-29-14-12-25/h4-7,24H,8-17H2,1-3H3,(H,23,26). The zero-order chi connectivity index (χ0) is 22.5. The average Bonchev–Trinajstić information content (AvgIpc) is 3.23. The second-order valence-electron chi connectivity index (χ2n) is 9.33. The summed E-state index contributed by atoms with van der Waals surface area (Å²) in [5.74, 6) is 1.97. The van der Waals surface area contributed by atoms with Gasteiger partial charge in [-0.25, -0.2) is 13.1 Å². The van der Waals surface area contributed by atoms with Crippen LogP contribution < -0.4 is 10.0 Å². The third-order valence-corrected chi connectivity index (χ3v) is 8.77. The van der Waals surface area contributed by atoms with Gasteiger partial charge in [-0.3, -0.25) is 9.69 Å². The molecule has 2 saturated heterocycles. The molecule has 1 atom stereocenters. The fourth-order valence-corrected chi connectivity index (χ4v) is 6.51. The molecule has 1 aromatic carbocycles. The van der Waals surface area contributed by atoms with Gasteiger partial charge in [-0.1, -0.05) is 32.9 Å². The summed E-state index contributed by atoms with van der Waals surface area (Å²) in [7, 11) is -3.63. The Bertz CT molecular complexity index is 839. The molecule has 1 unspecified atom stereocenters. The molecule has 0 aromatic heterocycles. The molecule has 174 valence electrons. The van der Waals surface area contributed by atoms with E-state index in [1.165, 1.54) is 0 Å². The molecular weight excluding hydrogens is 434 g/mol. The van der Waals surface area contributed by atoms with Crippen molar-refractivity contribution < 1.29 is 17.9 Å². The predicted molar refractivity (Wildman–Crippen MR) is 125 cm³/mol. The van der Waals surface area contributed by atoms with Gasteiger partial charge < -0.3 is 10.1 Å². The third kappa shape index (κ3) is 6.44. The normalized spacial score (nSPS) is 23.1. The van der Waals surface area contributed by atoms with Crippen molar-refractivity contribution in [1.82, 2.24) is 14.9 Å². The van der Waals surface area contributed by atoms with Crippen molar-refractivity contribution in [1.29, 1.82) is 0 Å². The minimum atomic E-state index is -3.63. The first-order valence-electron chi connectivity index (χ1n) is 10.9. The number of nitrogens with one attached hydrogen (secondary N) is 2. The molecule has 1 amide bonds. The number of ether oxygens (including phenoxy) is 1. The monoisotopic (exact) mass is 469 g/mol. The Morgan fingerprint density at radius 3 is 2.45 bits per heavy atom. The Kier molecular flexibility index (Phi) is 8.07. The zero-order valence-corrected chi connectivity index (χ0v) is 20.4. The van der Waals surface area contributed by atoms with E-state index in [-0.39, 0.29) is 34.7 Å². The summed E-state index contributed by atoms with van der Waals surface area (Å²) in [5, 5.41) is 3.04. The number of hydrogen-bond donors (Lipinski definition) is 2. The van der Waals surface area contributed by atoms with Crippen LogP contribution in [0.1, 0.15) is 39.2 Å². The predicted octanol–water partition coefficient (Wildman–Crippen LogP) is 1.98. The van der Waals surface area contributed by atoms with Gasteiger partial charge in [0.15, 0.2) is 0 Å². The first-order chi connectivity index (χ1) is 14.6. The van der Waals surface area contributed by atoms with E-state index in [9.17, 15) is 13.2 Å². The van der Waals surface area contributed by atoms with Crippen molar-refractivity contribution in [2.75, 3.05) is 50.9 Å². The van der Waals surface area contributed by atoms with Crippen LogP contribution in [-0.4, -0.2) is 75.7 Å². The van der Waals surface area contributed by atoms with Crippen molar-refractivity contribution in [2.24, 2.45) is 0 Å². The first kappa shape index (κ1) is 24.5. The lowest BCUT2D eigenvalue weighted by atomic mass is 9.87. The van der Waals surface area contributed by atoms with Crippen LogP contribution in [-0.2, 0) is 25.0 Å². The minimum absolute atomic E-state index is 0.0155. The van der Waals surface area contributed by atoms with Crippen LogP contribution in [0.4, 0.5) is 0 Å². The van der Waals surface area contributed by atoms with E-state index >= 15 is 0 Å². The van der Waals surface area contributed by atoms with Crippen molar-refractivity contribution >= 4 is 27.7 Å². The van der Waals surface area contributed by atoms with E-state index < -0.39 is 10.0 Å². The van der Waals surface area contributed by atoms with E-state index in [4.69, 9.17) is 4.74 Å². The van der Waals surface area contributed by atoms with Crippen LogP contribution in [0.3, 0.4) is 0 Å². The second kappa shape index (κ2) is 10.2. The van der Waals surface area contributed by atoms with Gasteiger partial charge in [0, 0.05) is 43.9 Å². The molecule has 2 fully saturated rings. The topological polar surface area (TPSA) is 87.7 Å². The maximum Gasteiger partial charge on any atom is 0.240 e. The van der Waals surface area contributed by atoms with Crippen molar-refractivity contribution in [3.05, 3.63) is 29.8 Å². The van der Waals surface area contributed by atoms with Gasteiger partial charge in [-0.05, 0) is 35.3 Å².